The summed E-state index contributed by atoms with van der Waals surface area (Å²) in [7, 11) is 0. The fourth-order valence-electron chi connectivity index (χ4n) is 2.28. The second-order valence-electron chi connectivity index (χ2n) is 5.51. The maximum absolute atomic E-state index is 12.2. The number of ether oxygens (including phenoxy) is 1. The van der Waals surface area contributed by atoms with Crippen LogP contribution in [0.4, 0.5) is 5.69 Å². The zero-order chi connectivity index (χ0) is 16.2. The van der Waals surface area contributed by atoms with Gasteiger partial charge in [0.15, 0.2) is 12.4 Å². The Labute approximate surface area is 124 Å². The molecule has 6 heteroatoms. The lowest BCUT2D eigenvalue weighted by atomic mass is 10.2. The van der Waals surface area contributed by atoms with Crippen molar-refractivity contribution in [2.75, 3.05) is 6.61 Å². The fourth-order valence-corrected chi connectivity index (χ4v) is 2.28. The van der Waals surface area contributed by atoms with E-state index in [1.165, 1.54) is 12.1 Å². The summed E-state index contributed by atoms with van der Waals surface area (Å²) >= 11 is 0. The highest BCUT2D eigenvalue weighted by Crippen LogP contribution is 2.27. The van der Waals surface area contributed by atoms with E-state index in [1.807, 2.05) is 27.7 Å². The summed E-state index contributed by atoms with van der Waals surface area (Å²) in [4.78, 5) is 24.4. The van der Waals surface area contributed by atoms with Crippen LogP contribution >= 0.6 is 0 Å². The van der Waals surface area contributed by atoms with Crippen LogP contribution < -0.4 is 4.74 Å². The minimum Gasteiger partial charge on any atom is -0.477 e. The molecule has 0 saturated heterocycles. The Morgan fingerprint density at radius 2 is 1.86 bits per heavy atom. The molecule has 0 bridgehead atoms. The third-order valence-corrected chi connectivity index (χ3v) is 3.06. The molecule has 1 rings (SSSR count). The molecule has 0 atom stereocenters. The van der Waals surface area contributed by atoms with Crippen molar-refractivity contribution in [2.45, 2.75) is 46.7 Å². The monoisotopic (exact) mass is 294 g/mol. The maximum Gasteiger partial charge on any atom is 0.311 e. The quantitative estimate of drug-likeness (QED) is 0.597. The molecule has 1 aromatic carbocycles. The number of rotatable bonds is 6. The highest BCUT2D eigenvalue weighted by atomic mass is 16.6. The molecule has 1 amide bonds. The molecule has 1 aromatic rings. The number of hydrogen-bond acceptors (Lipinski definition) is 4. The van der Waals surface area contributed by atoms with Gasteiger partial charge in [0.2, 0.25) is 0 Å². The molecule has 0 spiro atoms. The van der Waals surface area contributed by atoms with E-state index in [0.29, 0.717) is 0 Å². The fraction of sp³-hybridized carbons (Fsp3) is 0.533. The highest BCUT2D eigenvalue weighted by molar-refractivity contribution is 5.78. The molecule has 116 valence electrons. The van der Waals surface area contributed by atoms with Crippen molar-refractivity contribution in [3.05, 3.63) is 33.9 Å². The molecule has 0 fully saturated rings. The first-order valence-electron chi connectivity index (χ1n) is 6.93. The normalized spacial score (nSPS) is 10.8. The minimum atomic E-state index is -0.504. The summed E-state index contributed by atoms with van der Waals surface area (Å²) in [6, 6.07) is 4.77. The first-order valence-corrected chi connectivity index (χ1v) is 6.93. The van der Waals surface area contributed by atoms with E-state index >= 15 is 0 Å². The SMILES string of the molecule is Cc1ccc(OCC(=O)N(C(C)C)C(C)C)c([N+](=O)[O-])c1. The average Bonchev–Trinajstić information content (AvgIpc) is 2.36. The highest BCUT2D eigenvalue weighted by Gasteiger charge is 2.22. The van der Waals surface area contributed by atoms with E-state index in [1.54, 1.807) is 17.9 Å². The lowest BCUT2D eigenvalue weighted by Gasteiger charge is -2.30. The van der Waals surface area contributed by atoms with Gasteiger partial charge in [0.1, 0.15) is 0 Å². The van der Waals surface area contributed by atoms with Crippen molar-refractivity contribution in [3.8, 4) is 5.75 Å². The molecule has 0 saturated carbocycles. The van der Waals surface area contributed by atoms with Gasteiger partial charge in [-0.2, -0.15) is 0 Å². The van der Waals surface area contributed by atoms with Crippen LogP contribution in [-0.4, -0.2) is 34.4 Å². The van der Waals surface area contributed by atoms with Crippen molar-refractivity contribution in [2.24, 2.45) is 0 Å². The van der Waals surface area contributed by atoms with E-state index in [4.69, 9.17) is 4.74 Å². The lowest BCUT2D eigenvalue weighted by Crippen LogP contribution is -2.44. The van der Waals surface area contributed by atoms with Gasteiger partial charge >= 0.3 is 5.69 Å². The summed E-state index contributed by atoms with van der Waals surface area (Å²) in [6.45, 7) is 9.25. The number of nitrogens with zero attached hydrogens (tertiary/aromatic N) is 2. The Kier molecular flexibility index (Phi) is 5.69. The first kappa shape index (κ1) is 16.9. The smallest absolute Gasteiger partial charge is 0.311 e. The molecule has 0 radical (unpaired) electrons. The molecule has 0 aliphatic rings. The minimum absolute atomic E-state index is 0.0501. The van der Waals surface area contributed by atoms with Crippen LogP contribution in [0.3, 0.4) is 0 Å². The van der Waals surface area contributed by atoms with E-state index in [9.17, 15) is 14.9 Å². The van der Waals surface area contributed by atoms with Gasteiger partial charge in [-0.15, -0.1) is 0 Å². The molecule has 0 aliphatic carbocycles. The van der Waals surface area contributed by atoms with Gasteiger partial charge in [-0.25, -0.2) is 0 Å². The Morgan fingerprint density at radius 3 is 2.33 bits per heavy atom. The predicted molar refractivity (Wildman–Crippen MR) is 80.4 cm³/mol. The van der Waals surface area contributed by atoms with Crippen LogP contribution in [0.2, 0.25) is 0 Å². The van der Waals surface area contributed by atoms with E-state index < -0.39 is 4.92 Å². The second-order valence-corrected chi connectivity index (χ2v) is 5.51. The van der Waals surface area contributed by atoms with Crippen molar-refractivity contribution in [1.29, 1.82) is 0 Å². The number of nitro benzene ring substituents is 1. The van der Waals surface area contributed by atoms with Crippen molar-refractivity contribution < 1.29 is 14.5 Å². The molecular formula is C15H22N2O4. The van der Waals surface area contributed by atoms with Gasteiger partial charge < -0.3 is 9.64 Å². The Bertz CT molecular complexity index is 518. The standard InChI is InChI=1S/C15H22N2O4/c1-10(2)16(11(3)4)15(18)9-21-14-7-6-12(5)8-13(14)17(19)20/h6-8,10-11H,9H2,1-5H3. The molecule has 0 unspecified atom stereocenters. The number of aryl methyl sites for hydroxylation is 1. The average molecular weight is 294 g/mol. The van der Waals surface area contributed by atoms with E-state index in [0.717, 1.165) is 5.56 Å². The Hall–Kier alpha value is -2.11. The van der Waals surface area contributed by atoms with Gasteiger partial charge in [0.05, 0.1) is 4.92 Å². The van der Waals surface area contributed by atoms with Crippen molar-refractivity contribution >= 4 is 11.6 Å². The molecular weight excluding hydrogens is 272 g/mol. The van der Waals surface area contributed by atoms with Crippen molar-refractivity contribution in [1.82, 2.24) is 4.90 Å². The summed E-state index contributed by atoms with van der Waals surface area (Å²) in [5.41, 5.74) is 0.648. The Morgan fingerprint density at radius 1 is 1.29 bits per heavy atom. The Balaban J connectivity index is 2.84. The summed E-state index contributed by atoms with van der Waals surface area (Å²) < 4.78 is 5.36. The van der Waals surface area contributed by atoms with E-state index in [-0.39, 0.29) is 36.0 Å². The number of carbonyl (C=O) groups is 1. The number of benzene rings is 1. The molecule has 21 heavy (non-hydrogen) atoms. The van der Waals surface area contributed by atoms with Crippen LogP contribution in [0.1, 0.15) is 33.3 Å². The number of nitro groups is 1. The van der Waals surface area contributed by atoms with Crippen LogP contribution in [0.5, 0.6) is 5.75 Å². The predicted octanol–water partition coefficient (Wildman–Crippen LogP) is 2.93. The third kappa shape index (κ3) is 4.44. The molecule has 0 N–H and O–H groups in total. The van der Waals surface area contributed by atoms with Crippen LogP contribution in [0.25, 0.3) is 0 Å². The molecule has 0 aliphatic heterocycles. The molecule has 0 heterocycles. The number of hydrogen-bond donors (Lipinski definition) is 0. The zero-order valence-electron chi connectivity index (χ0n) is 13.1. The molecule has 0 aromatic heterocycles. The maximum atomic E-state index is 12.2. The molecule has 6 nitrogen and oxygen atoms in total. The van der Waals surface area contributed by atoms with Crippen LogP contribution in [0.15, 0.2) is 18.2 Å². The number of amides is 1. The third-order valence-electron chi connectivity index (χ3n) is 3.06. The topological polar surface area (TPSA) is 72.7 Å². The lowest BCUT2D eigenvalue weighted by molar-refractivity contribution is -0.385. The first-order chi connectivity index (χ1) is 9.73. The van der Waals surface area contributed by atoms with Crippen LogP contribution in [0, 0.1) is 17.0 Å². The van der Waals surface area contributed by atoms with Gasteiger partial charge in [-0.1, -0.05) is 6.07 Å². The number of carbonyl (C=O) groups excluding carboxylic acids is 1. The van der Waals surface area contributed by atoms with Gasteiger partial charge in [0.25, 0.3) is 5.91 Å². The van der Waals surface area contributed by atoms with Gasteiger partial charge in [-0.3, -0.25) is 14.9 Å². The second kappa shape index (κ2) is 7.06. The van der Waals surface area contributed by atoms with Crippen molar-refractivity contribution in [3.63, 3.8) is 0 Å². The van der Waals surface area contributed by atoms with Crippen LogP contribution in [-0.2, 0) is 4.79 Å². The van der Waals surface area contributed by atoms with E-state index in [2.05, 4.69) is 0 Å². The van der Waals surface area contributed by atoms with Gasteiger partial charge in [-0.05, 0) is 46.2 Å². The summed E-state index contributed by atoms with van der Waals surface area (Å²) in [5, 5.41) is 11.0. The van der Waals surface area contributed by atoms with Gasteiger partial charge in [0, 0.05) is 18.2 Å². The summed E-state index contributed by atoms with van der Waals surface area (Å²) in [5.74, 6) is -0.0683. The zero-order valence-corrected chi connectivity index (χ0v) is 13.1. The largest absolute Gasteiger partial charge is 0.477 e. The summed E-state index contributed by atoms with van der Waals surface area (Å²) in [6.07, 6.45) is 0.